The van der Waals surface area contributed by atoms with Gasteiger partial charge in [0.05, 0.1) is 15.9 Å². The van der Waals surface area contributed by atoms with Gasteiger partial charge in [0.15, 0.2) is 4.32 Å². The minimum Gasteiger partial charge on any atom is -0.478 e. The van der Waals surface area contributed by atoms with Crippen LogP contribution in [0.4, 0.5) is 0 Å². The summed E-state index contributed by atoms with van der Waals surface area (Å²) >= 11 is 6.53. The number of carboxylic acids is 1. The van der Waals surface area contributed by atoms with Gasteiger partial charge in [0.1, 0.15) is 11.5 Å². The standard InChI is InChI=1S/C26H24N2O5S2/c29-22-21(10-17-5-6-20(33-17)18-3-1-2-4-19(18)23(30)31)35-25(34)28(22)27-24(32)26-11-14-7-15(12-26)9-16(8-14)13-26/h1-6,10,14-16H,7-9,11-13H2,(H,27,32)(H,30,31)/b21-10-. The quantitative estimate of drug-likeness (QED) is 0.428. The largest absolute Gasteiger partial charge is 0.478 e. The van der Waals surface area contributed by atoms with E-state index in [9.17, 15) is 19.5 Å². The summed E-state index contributed by atoms with van der Waals surface area (Å²) in [5.41, 5.74) is 3.05. The number of carbonyl (C=O) groups excluding carboxylic acids is 2. The van der Waals surface area contributed by atoms with Crippen LogP contribution >= 0.6 is 24.0 Å². The summed E-state index contributed by atoms with van der Waals surface area (Å²) in [6.45, 7) is 0. The summed E-state index contributed by atoms with van der Waals surface area (Å²) in [6, 6.07) is 9.92. The highest BCUT2D eigenvalue weighted by Gasteiger charge is 2.55. The van der Waals surface area contributed by atoms with Crippen molar-refractivity contribution in [3.8, 4) is 11.3 Å². The van der Waals surface area contributed by atoms with Gasteiger partial charge in [-0.1, -0.05) is 30.0 Å². The van der Waals surface area contributed by atoms with Gasteiger partial charge in [0.25, 0.3) is 5.91 Å². The molecular weight excluding hydrogens is 484 g/mol. The van der Waals surface area contributed by atoms with Gasteiger partial charge in [-0.05, 0) is 86.7 Å². The molecule has 7 rings (SSSR count). The molecule has 2 amide bonds. The van der Waals surface area contributed by atoms with E-state index >= 15 is 0 Å². The minimum atomic E-state index is -1.05. The lowest BCUT2D eigenvalue weighted by Crippen LogP contribution is -2.57. The molecule has 0 atom stereocenters. The first-order chi connectivity index (χ1) is 16.8. The molecule has 2 aromatic rings. The van der Waals surface area contributed by atoms with Crippen molar-refractivity contribution in [3.63, 3.8) is 0 Å². The van der Waals surface area contributed by atoms with Crippen molar-refractivity contribution in [1.82, 2.24) is 10.4 Å². The Kier molecular flexibility index (Phi) is 5.37. The number of hydrogen-bond acceptors (Lipinski definition) is 6. The van der Waals surface area contributed by atoms with Gasteiger partial charge in [-0.3, -0.25) is 15.0 Å². The highest BCUT2D eigenvalue weighted by atomic mass is 32.2. The van der Waals surface area contributed by atoms with E-state index in [1.54, 1.807) is 36.4 Å². The molecule has 0 unspecified atom stereocenters. The Morgan fingerprint density at radius 3 is 2.40 bits per heavy atom. The maximum absolute atomic E-state index is 13.4. The number of aromatic carboxylic acids is 1. The lowest BCUT2D eigenvalue weighted by molar-refractivity contribution is -0.152. The van der Waals surface area contributed by atoms with Crippen molar-refractivity contribution < 1.29 is 23.9 Å². The second-order valence-corrected chi connectivity index (χ2v) is 11.9. The predicted molar refractivity (Wildman–Crippen MR) is 135 cm³/mol. The average Bonchev–Trinajstić information content (AvgIpc) is 3.38. The van der Waals surface area contributed by atoms with Crippen molar-refractivity contribution in [2.24, 2.45) is 23.2 Å². The van der Waals surface area contributed by atoms with Gasteiger partial charge in [-0.15, -0.1) is 0 Å². The number of thiocarbonyl (C=S) groups is 1. The molecule has 1 aromatic carbocycles. The molecule has 180 valence electrons. The Bertz CT molecular complexity index is 1260. The number of nitrogens with one attached hydrogen (secondary N) is 1. The number of nitrogens with zero attached hydrogens (tertiary/aromatic N) is 1. The second kappa shape index (κ2) is 8.34. The number of furan rings is 1. The van der Waals surface area contributed by atoms with Crippen molar-refractivity contribution in [2.75, 3.05) is 0 Å². The number of benzene rings is 1. The Labute approximate surface area is 211 Å². The lowest BCUT2D eigenvalue weighted by Gasteiger charge is -2.55. The summed E-state index contributed by atoms with van der Waals surface area (Å²) < 4.78 is 6.11. The zero-order valence-electron chi connectivity index (χ0n) is 18.9. The van der Waals surface area contributed by atoms with Crippen LogP contribution in [0.2, 0.25) is 0 Å². The van der Waals surface area contributed by atoms with Gasteiger partial charge < -0.3 is 9.52 Å². The number of carboxylic acid groups (broad SMARTS) is 1. The molecular formula is C26H24N2O5S2. The third-order valence-electron chi connectivity index (χ3n) is 7.85. The van der Waals surface area contributed by atoms with Crippen LogP contribution in [0.5, 0.6) is 0 Å². The van der Waals surface area contributed by atoms with Crippen molar-refractivity contribution in [3.05, 3.63) is 52.6 Å². The number of rotatable bonds is 5. The zero-order chi connectivity index (χ0) is 24.3. The van der Waals surface area contributed by atoms with Gasteiger partial charge in [0, 0.05) is 11.6 Å². The number of amides is 2. The fourth-order valence-electron chi connectivity index (χ4n) is 6.76. The molecule has 4 bridgehead atoms. The highest BCUT2D eigenvalue weighted by Crippen LogP contribution is 2.60. The lowest BCUT2D eigenvalue weighted by atomic mass is 9.49. The van der Waals surface area contributed by atoms with E-state index in [0.717, 1.165) is 31.0 Å². The molecule has 2 heterocycles. The first kappa shape index (κ1) is 22.5. The second-order valence-electron chi connectivity index (χ2n) is 10.2. The van der Waals surface area contributed by atoms with Crippen molar-refractivity contribution >= 4 is 52.2 Å². The van der Waals surface area contributed by atoms with E-state index in [1.165, 1.54) is 30.3 Å². The predicted octanol–water partition coefficient (Wildman–Crippen LogP) is 5.09. The van der Waals surface area contributed by atoms with Crippen LogP contribution in [-0.4, -0.2) is 32.2 Å². The Balaban J connectivity index is 1.19. The summed E-state index contributed by atoms with van der Waals surface area (Å²) in [7, 11) is 0. The van der Waals surface area contributed by atoms with E-state index in [1.807, 2.05) is 0 Å². The Morgan fingerprint density at radius 1 is 1.09 bits per heavy atom. The van der Waals surface area contributed by atoms with Crippen molar-refractivity contribution in [1.29, 1.82) is 0 Å². The van der Waals surface area contributed by atoms with Crippen LogP contribution in [0.15, 0.2) is 45.7 Å². The average molecular weight is 509 g/mol. The van der Waals surface area contributed by atoms with E-state index in [4.69, 9.17) is 16.6 Å². The van der Waals surface area contributed by atoms with Gasteiger partial charge >= 0.3 is 5.97 Å². The fourth-order valence-corrected chi connectivity index (χ4v) is 7.92. The normalized spacial score (nSPS) is 30.3. The number of carbonyl (C=O) groups is 3. The van der Waals surface area contributed by atoms with Crippen LogP contribution in [0.1, 0.15) is 54.6 Å². The van der Waals surface area contributed by atoms with Crippen LogP contribution in [-0.2, 0) is 9.59 Å². The van der Waals surface area contributed by atoms with E-state index in [-0.39, 0.29) is 27.1 Å². The molecule has 9 heteroatoms. The molecule has 1 saturated heterocycles. The Morgan fingerprint density at radius 2 is 1.74 bits per heavy atom. The minimum absolute atomic E-state index is 0.0836. The monoisotopic (exact) mass is 508 g/mol. The smallest absolute Gasteiger partial charge is 0.336 e. The summed E-state index contributed by atoms with van der Waals surface area (Å²) in [6.07, 6.45) is 7.99. The molecule has 35 heavy (non-hydrogen) atoms. The van der Waals surface area contributed by atoms with Crippen molar-refractivity contribution in [2.45, 2.75) is 38.5 Å². The topological polar surface area (TPSA) is 99.9 Å². The van der Waals surface area contributed by atoms with Crippen LogP contribution in [0.3, 0.4) is 0 Å². The number of hydrogen-bond donors (Lipinski definition) is 2. The number of hydrazine groups is 1. The molecule has 4 aliphatic carbocycles. The molecule has 2 N–H and O–H groups in total. The molecule has 5 aliphatic rings. The first-order valence-corrected chi connectivity index (χ1v) is 13.1. The molecule has 1 aromatic heterocycles. The van der Waals surface area contributed by atoms with Gasteiger partial charge in [-0.25, -0.2) is 4.79 Å². The third kappa shape index (κ3) is 3.90. The third-order valence-corrected chi connectivity index (χ3v) is 9.15. The molecule has 0 radical (unpaired) electrons. The van der Waals surface area contributed by atoms with Gasteiger partial charge in [-0.2, -0.15) is 5.01 Å². The zero-order valence-corrected chi connectivity index (χ0v) is 20.5. The molecule has 7 nitrogen and oxygen atoms in total. The van der Waals surface area contributed by atoms with E-state index in [0.29, 0.717) is 39.7 Å². The summed E-state index contributed by atoms with van der Waals surface area (Å²) in [4.78, 5) is 38.4. The summed E-state index contributed by atoms with van der Waals surface area (Å²) in [5.74, 6) is 1.14. The number of thioether (sulfide) groups is 1. The summed E-state index contributed by atoms with van der Waals surface area (Å²) in [5, 5.41) is 10.6. The SMILES string of the molecule is O=C(O)c1ccccc1-c1ccc(/C=C2\SC(=S)N(NC(=O)C34CC5CC(CC(C5)C3)C4)C2=O)o1. The maximum atomic E-state index is 13.4. The fraction of sp³-hybridized carbons (Fsp3) is 0.385. The molecule has 5 fully saturated rings. The highest BCUT2D eigenvalue weighted by molar-refractivity contribution is 8.26. The van der Waals surface area contributed by atoms with Crippen LogP contribution in [0.25, 0.3) is 17.4 Å². The van der Waals surface area contributed by atoms with Crippen LogP contribution in [0, 0.1) is 23.2 Å². The molecule has 4 saturated carbocycles. The van der Waals surface area contributed by atoms with E-state index in [2.05, 4.69) is 5.43 Å². The van der Waals surface area contributed by atoms with Gasteiger partial charge in [0.2, 0.25) is 5.91 Å². The maximum Gasteiger partial charge on any atom is 0.336 e. The molecule has 1 aliphatic heterocycles. The van der Waals surface area contributed by atoms with Crippen LogP contribution < -0.4 is 5.43 Å². The van der Waals surface area contributed by atoms with E-state index < -0.39 is 5.97 Å². The Hall–Kier alpha value is -2.91. The first-order valence-electron chi connectivity index (χ1n) is 11.8. The molecule has 0 spiro atoms.